The van der Waals surface area contributed by atoms with Gasteiger partial charge in [0.1, 0.15) is 40.4 Å². The Bertz CT molecular complexity index is 5470. The van der Waals surface area contributed by atoms with Crippen molar-refractivity contribution >= 4 is 36.2 Å². The van der Waals surface area contributed by atoms with Crippen LogP contribution in [0.1, 0.15) is 51.6 Å². The van der Waals surface area contributed by atoms with Crippen LogP contribution in [0.2, 0.25) is 0 Å². The number of nitrogens with one attached hydrogen (secondary N) is 3. The number of fused-ring (bicyclic) bond motifs is 1. The second kappa shape index (κ2) is 41.6. The zero-order chi connectivity index (χ0) is 77.7. The summed E-state index contributed by atoms with van der Waals surface area (Å²) < 4.78 is 22.7. The van der Waals surface area contributed by atoms with Gasteiger partial charge in [-0.25, -0.2) is 0 Å². The van der Waals surface area contributed by atoms with E-state index in [1.165, 1.54) is 35.6 Å². The molecule has 1 unspecified atom stereocenters. The number of hydrogen-bond donors (Lipinski definition) is 6. The zero-order valence-corrected chi connectivity index (χ0v) is 61.4. The van der Waals surface area contributed by atoms with Gasteiger partial charge in [-0.05, 0) is 71.0 Å². The van der Waals surface area contributed by atoms with Crippen LogP contribution in [0.4, 0.5) is 5.82 Å². The van der Waals surface area contributed by atoms with Crippen molar-refractivity contribution in [3.63, 3.8) is 0 Å². The number of aldehydes is 1. The van der Waals surface area contributed by atoms with Crippen molar-refractivity contribution < 1.29 is 48.3 Å². The number of aryl methyl sites for hydroxylation is 2. The Labute approximate surface area is 650 Å². The number of aromatic amines is 3. The van der Waals surface area contributed by atoms with Crippen LogP contribution >= 0.6 is 0 Å². The van der Waals surface area contributed by atoms with Gasteiger partial charge in [-0.3, -0.25) is 39.0 Å². The summed E-state index contributed by atoms with van der Waals surface area (Å²) in [4.78, 5) is 56.2. The quantitative estimate of drug-likeness (QED) is 0.0264. The van der Waals surface area contributed by atoms with E-state index < -0.39 is 17.9 Å². The maximum Gasteiger partial charge on any atom is 0.324 e. The van der Waals surface area contributed by atoms with Gasteiger partial charge in [0.25, 0.3) is 12.0 Å². The Morgan fingerprint density at radius 3 is 1.23 bits per heavy atom. The molecule has 0 aliphatic heterocycles. The third-order valence-corrected chi connectivity index (χ3v) is 17.5. The number of nitrogen functional groups attached to an aromatic ring is 1. The average molecular weight is 1500 g/mol. The summed E-state index contributed by atoms with van der Waals surface area (Å²) in [5.41, 5.74) is 25.4. The highest BCUT2D eigenvalue weighted by Crippen LogP contribution is 2.40. The predicted octanol–water partition coefficient (Wildman–Crippen LogP) is 18.4. The Kier molecular flexibility index (Phi) is 30.9. The smallest absolute Gasteiger partial charge is 0.324 e. The van der Waals surface area contributed by atoms with Gasteiger partial charge in [-0.1, -0.05) is 289 Å². The number of benzene rings is 10. The molecule has 21 nitrogen and oxygen atoms in total. The lowest BCUT2D eigenvalue weighted by Crippen LogP contribution is -2.25. The first-order chi connectivity index (χ1) is 53.8. The zero-order valence-electron chi connectivity index (χ0n) is 61.4. The van der Waals surface area contributed by atoms with E-state index in [9.17, 15) is 24.3 Å². The molecule has 570 valence electrons. The first-order valence-corrected chi connectivity index (χ1v) is 35.1. The maximum atomic E-state index is 13.6. The molecule has 0 radical (unpaired) electrons. The number of anilines is 1. The SMILES string of the molecule is C.C.CCOC(=O)C(C(=O)OC)c1ccc(OC)cc1.CCc1[nH]nc(-c2ccccc2)c1-c1ccccc1.COc1ccc(-c2c(O)n(C)c3c(-c4ccccc4)c(-c4ccccc4)nn3c2=O)cc1.Nc1n[nH]c(-c2ccccc2)c1-c1ccccc1.O=CCc1[nH]nc(-c2ccccc2)c1-c1ccccc1.O=CO. The van der Waals surface area contributed by atoms with E-state index >= 15 is 0 Å². The third-order valence-electron chi connectivity index (χ3n) is 17.5. The van der Waals surface area contributed by atoms with Gasteiger partial charge in [0, 0.05) is 52.5 Å². The van der Waals surface area contributed by atoms with E-state index in [2.05, 4.69) is 78.7 Å². The van der Waals surface area contributed by atoms with Crippen LogP contribution in [-0.4, -0.2) is 108 Å². The average Bonchev–Trinajstić information content (AvgIpc) is 1.59. The molecule has 5 heterocycles. The molecule has 112 heavy (non-hydrogen) atoms. The molecule has 15 rings (SSSR count). The minimum atomic E-state index is -1.05. The number of carbonyl (C=O) groups excluding carboxylic acids is 3. The normalized spacial score (nSPS) is 10.4. The summed E-state index contributed by atoms with van der Waals surface area (Å²) >= 11 is 0. The van der Waals surface area contributed by atoms with E-state index in [1.807, 2.05) is 206 Å². The highest BCUT2D eigenvalue weighted by molar-refractivity contribution is 6.01. The lowest BCUT2D eigenvalue weighted by molar-refractivity contribution is -0.155. The van der Waals surface area contributed by atoms with Crippen molar-refractivity contribution in [2.75, 3.05) is 33.7 Å². The number of nitrogens with two attached hydrogens (primary N) is 1. The summed E-state index contributed by atoms with van der Waals surface area (Å²) in [6.07, 6.45) is 2.18. The number of aromatic hydroxyl groups is 1. The van der Waals surface area contributed by atoms with Gasteiger partial charge in [0.2, 0.25) is 5.88 Å². The fourth-order valence-electron chi connectivity index (χ4n) is 12.3. The number of methoxy groups -OCH3 is 3. The van der Waals surface area contributed by atoms with Gasteiger partial charge in [-0.15, -0.1) is 0 Å². The monoisotopic (exact) mass is 1500 g/mol. The van der Waals surface area contributed by atoms with E-state index in [1.54, 1.807) is 74.2 Å². The molecule has 5 aromatic heterocycles. The number of esters is 2. The second-order valence-electron chi connectivity index (χ2n) is 24.2. The molecule has 0 spiro atoms. The molecular weight excluding hydrogens is 1410 g/mol. The van der Waals surface area contributed by atoms with Crippen molar-refractivity contribution in [1.82, 2.24) is 44.8 Å². The maximum absolute atomic E-state index is 13.6. The van der Waals surface area contributed by atoms with E-state index in [4.69, 9.17) is 34.9 Å². The molecular formula is C91H90N10O11. The van der Waals surface area contributed by atoms with Crippen LogP contribution in [-0.2, 0) is 48.5 Å². The lowest BCUT2D eigenvalue weighted by Gasteiger charge is -2.14. The standard InChI is InChI=1S/C26H21N3O3.C17H14N2O.C17H16N2.C15H13N3.C13H16O5.CH2O2.2CH4/c1-28-24-21(17-9-5-3-6-10-17)23(19-11-7-4-8-12-19)27-29(24)26(31)22(25(28)30)18-13-15-20(32-2)16-14-18;20-12-11-15-16(13-7-3-1-4-8-13)17(19-18-15)14-9-5-2-6-10-14;1-2-15-16(13-9-5-3-6-10-13)17(19-18-15)14-11-7-4-8-12-14;16-15-13(11-7-3-1-4-8-11)14(17-18-15)12-9-5-2-6-10-12;1-4-18-13(15)11(12(14)17-3)9-5-7-10(16-2)8-6-9;2-1-3;;/h3-16,30H,1-2H3;1-10,12H,11H2,(H,18,19);3-12H,2H2,1H3,(H,18,19);1-10H,(H3,16,17,18);5-8,11H,4H2,1-3H3;1H,(H,2,3);2*1H4. The van der Waals surface area contributed by atoms with Gasteiger partial charge >= 0.3 is 11.9 Å². The number of aromatic nitrogens is 9. The predicted molar refractivity (Wildman–Crippen MR) is 443 cm³/mol. The molecule has 7 N–H and O–H groups in total. The van der Waals surface area contributed by atoms with Crippen molar-refractivity contribution in [3.8, 4) is 118 Å². The van der Waals surface area contributed by atoms with Crippen molar-refractivity contribution in [3.05, 3.63) is 318 Å². The minimum Gasteiger partial charge on any atom is -0.497 e. The van der Waals surface area contributed by atoms with Crippen LogP contribution in [0.5, 0.6) is 17.4 Å². The van der Waals surface area contributed by atoms with E-state index in [0.29, 0.717) is 46.2 Å². The number of carbonyl (C=O) groups is 4. The highest BCUT2D eigenvalue weighted by atomic mass is 16.5. The summed E-state index contributed by atoms with van der Waals surface area (Å²) in [5, 5.41) is 44.9. The summed E-state index contributed by atoms with van der Waals surface area (Å²) in [7, 11) is 6.09. The Morgan fingerprint density at radius 2 is 0.830 bits per heavy atom. The summed E-state index contributed by atoms with van der Waals surface area (Å²) in [5.74, 6) is -0.590. The Hall–Kier alpha value is -14.5. The molecule has 0 aliphatic carbocycles. The Morgan fingerprint density at radius 1 is 0.464 bits per heavy atom. The van der Waals surface area contributed by atoms with Gasteiger partial charge in [-0.2, -0.15) is 24.9 Å². The molecule has 0 amide bonds. The number of rotatable bonds is 18. The third kappa shape index (κ3) is 20.0. The minimum absolute atomic E-state index is 0. The van der Waals surface area contributed by atoms with Crippen LogP contribution in [0.15, 0.2) is 296 Å². The summed E-state index contributed by atoms with van der Waals surface area (Å²) in [6, 6.07) is 94.0. The molecule has 15 aromatic rings. The first kappa shape index (κ1) is 83.2. The molecule has 21 heteroatoms. The van der Waals surface area contributed by atoms with Crippen molar-refractivity contribution in [2.45, 2.75) is 47.5 Å². The first-order valence-electron chi connectivity index (χ1n) is 35.1. The Balaban J connectivity index is 0.000000177. The molecule has 10 aromatic carbocycles. The van der Waals surface area contributed by atoms with Gasteiger partial charge in [0.15, 0.2) is 17.4 Å². The highest BCUT2D eigenvalue weighted by Gasteiger charge is 2.31. The van der Waals surface area contributed by atoms with Crippen LogP contribution in [0.25, 0.3) is 106 Å². The number of hydrogen-bond acceptors (Lipinski definition) is 15. The van der Waals surface area contributed by atoms with Crippen LogP contribution in [0, 0.1) is 0 Å². The van der Waals surface area contributed by atoms with Gasteiger partial charge < -0.3 is 39.7 Å². The number of H-pyrrole nitrogens is 3. The van der Waals surface area contributed by atoms with Crippen molar-refractivity contribution in [2.24, 2.45) is 7.05 Å². The largest absolute Gasteiger partial charge is 0.497 e. The van der Waals surface area contributed by atoms with E-state index in [-0.39, 0.29) is 44.9 Å². The molecule has 0 fully saturated rings. The molecule has 0 aliphatic rings. The second-order valence-corrected chi connectivity index (χ2v) is 24.2. The van der Waals surface area contributed by atoms with Crippen LogP contribution < -0.4 is 20.8 Å². The fraction of sp³-hybridized carbons (Fsp3) is 0.132. The van der Waals surface area contributed by atoms with Gasteiger partial charge in [0.05, 0.1) is 50.5 Å². The molecule has 1 atom stereocenters. The van der Waals surface area contributed by atoms with E-state index in [0.717, 1.165) is 91.1 Å². The van der Waals surface area contributed by atoms with Crippen LogP contribution in [0.3, 0.4) is 0 Å². The number of carboxylic acid groups (broad SMARTS) is 1. The lowest BCUT2D eigenvalue weighted by atomic mass is 9.98. The molecule has 0 saturated carbocycles. The topological polar surface area (TPSA) is 297 Å². The summed E-state index contributed by atoms with van der Waals surface area (Å²) in [6.45, 7) is 3.79. The fourth-order valence-corrected chi connectivity index (χ4v) is 12.3. The van der Waals surface area contributed by atoms with Crippen molar-refractivity contribution in [1.29, 1.82) is 0 Å². The number of nitrogens with zero attached hydrogens (tertiary/aromatic N) is 6. The molecule has 0 bridgehead atoms. The molecule has 0 saturated heterocycles. The number of ether oxygens (including phenoxy) is 4.